The Morgan fingerprint density at radius 2 is 2.05 bits per heavy atom. The minimum atomic E-state index is -0.299. The third-order valence-electron chi connectivity index (χ3n) is 3.00. The number of thioether (sulfide) groups is 1. The van der Waals surface area contributed by atoms with Gasteiger partial charge in [-0.1, -0.05) is 55.4 Å². The van der Waals surface area contributed by atoms with Crippen molar-refractivity contribution in [3.63, 3.8) is 0 Å². The highest BCUT2D eigenvalue weighted by Crippen LogP contribution is 2.22. The second-order valence-electron chi connectivity index (χ2n) is 4.78. The van der Waals surface area contributed by atoms with Crippen molar-refractivity contribution in [1.29, 1.82) is 0 Å². The third-order valence-corrected chi connectivity index (χ3v) is 3.98. The van der Waals surface area contributed by atoms with Gasteiger partial charge in [0.15, 0.2) is 10.9 Å². The second kappa shape index (κ2) is 7.22. The van der Waals surface area contributed by atoms with Gasteiger partial charge >= 0.3 is 0 Å². The van der Waals surface area contributed by atoms with Crippen LogP contribution in [0.1, 0.15) is 36.3 Å². The number of hydrogen-bond acceptors (Lipinski definition) is 4. The summed E-state index contributed by atoms with van der Waals surface area (Å²) in [6.45, 7) is 3.86. The topological polar surface area (TPSA) is 62.8 Å². The van der Waals surface area contributed by atoms with Gasteiger partial charge in [-0.25, -0.2) is 4.98 Å². The van der Waals surface area contributed by atoms with Crippen LogP contribution in [0.5, 0.6) is 0 Å². The molecule has 0 bridgehead atoms. The molecule has 0 spiro atoms. The van der Waals surface area contributed by atoms with Crippen molar-refractivity contribution in [3.8, 4) is 0 Å². The fourth-order valence-corrected chi connectivity index (χ4v) is 2.89. The maximum Gasteiger partial charge on any atom is 0.251 e. The van der Waals surface area contributed by atoms with Gasteiger partial charge in [0.2, 0.25) is 0 Å². The van der Waals surface area contributed by atoms with E-state index in [2.05, 4.69) is 9.97 Å². The van der Waals surface area contributed by atoms with E-state index in [9.17, 15) is 9.59 Å². The molecule has 21 heavy (non-hydrogen) atoms. The molecule has 2 aromatic rings. The smallest absolute Gasteiger partial charge is 0.251 e. The van der Waals surface area contributed by atoms with E-state index in [4.69, 9.17) is 0 Å². The number of carbonyl (C=O) groups excluding carboxylic acids is 1. The molecular formula is C16H18N2O2S. The third kappa shape index (κ3) is 4.29. The van der Waals surface area contributed by atoms with E-state index in [0.29, 0.717) is 10.7 Å². The van der Waals surface area contributed by atoms with Gasteiger partial charge in [-0.3, -0.25) is 9.59 Å². The summed E-state index contributed by atoms with van der Waals surface area (Å²) >= 11 is 1.28. The summed E-state index contributed by atoms with van der Waals surface area (Å²) in [6.07, 6.45) is 1.69. The zero-order chi connectivity index (χ0) is 15.2. The molecule has 1 aromatic carbocycles. The molecule has 1 aromatic heterocycles. The highest BCUT2D eigenvalue weighted by Gasteiger charge is 2.17. The summed E-state index contributed by atoms with van der Waals surface area (Å²) < 4.78 is 0. The van der Waals surface area contributed by atoms with Crippen LogP contribution in [0.4, 0.5) is 0 Å². The highest BCUT2D eigenvalue weighted by molar-refractivity contribution is 8.00. The Hall–Kier alpha value is -1.88. The number of carbonyl (C=O) groups is 1. The molecule has 0 saturated carbocycles. The zero-order valence-corrected chi connectivity index (χ0v) is 12.9. The van der Waals surface area contributed by atoms with Crippen LogP contribution < -0.4 is 5.56 Å². The Balaban J connectivity index is 2.14. The number of nitrogens with one attached hydrogen (secondary N) is 1. The van der Waals surface area contributed by atoms with Crippen LogP contribution >= 0.6 is 11.8 Å². The second-order valence-corrected chi connectivity index (χ2v) is 6.11. The minimum Gasteiger partial charge on any atom is -0.301 e. The van der Waals surface area contributed by atoms with Crippen LogP contribution in [0.25, 0.3) is 0 Å². The Kier molecular flexibility index (Phi) is 5.33. The largest absolute Gasteiger partial charge is 0.301 e. The first kappa shape index (κ1) is 15.5. The van der Waals surface area contributed by atoms with Crippen molar-refractivity contribution in [2.24, 2.45) is 0 Å². The first-order chi connectivity index (χ1) is 10.1. The SMILES string of the molecule is CCCc1cc(=O)[nH]c(SC(C)C(=O)c2ccccc2)n1. The Bertz CT molecular complexity index is 667. The summed E-state index contributed by atoms with van der Waals surface area (Å²) in [5.74, 6) is 0.0316. The number of ketones is 1. The number of hydrogen-bond donors (Lipinski definition) is 1. The summed E-state index contributed by atoms with van der Waals surface area (Å²) in [5, 5.41) is 0.204. The van der Waals surface area contributed by atoms with Gasteiger partial charge in [-0.2, -0.15) is 0 Å². The van der Waals surface area contributed by atoms with Crippen LogP contribution in [0, 0.1) is 0 Å². The summed E-state index contributed by atoms with van der Waals surface area (Å²) in [6, 6.07) is 10.7. The van der Waals surface area contributed by atoms with Crippen LogP contribution in [0.3, 0.4) is 0 Å². The number of aromatic amines is 1. The van der Waals surface area contributed by atoms with Crippen LogP contribution in [-0.2, 0) is 6.42 Å². The summed E-state index contributed by atoms with van der Waals surface area (Å²) in [7, 11) is 0. The van der Waals surface area contributed by atoms with Crippen molar-refractivity contribution < 1.29 is 4.79 Å². The lowest BCUT2D eigenvalue weighted by Gasteiger charge is -2.10. The highest BCUT2D eigenvalue weighted by atomic mass is 32.2. The first-order valence-corrected chi connectivity index (χ1v) is 7.84. The number of nitrogens with zero attached hydrogens (tertiary/aromatic N) is 1. The van der Waals surface area contributed by atoms with E-state index in [1.54, 1.807) is 12.1 Å². The Morgan fingerprint density at radius 1 is 1.33 bits per heavy atom. The molecule has 0 aliphatic heterocycles. The van der Waals surface area contributed by atoms with E-state index in [-0.39, 0.29) is 16.6 Å². The van der Waals surface area contributed by atoms with Gasteiger partial charge in [0.1, 0.15) is 0 Å². The number of Topliss-reactive ketones (excluding diaryl/α,β-unsaturated/α-hetero) is 1. The van der Waals surface area contributed by atoms with Crippen LogP contribution in [0.15, 0.2) is 46.3 Å². The van der Waals surface area contributed by atoms with E-state index >= 15 is 0 Å². The summed E-state index contributed by atoms with van der Waals surface area (Å²) in [5.41, 5.74) is 1.27. The molecule has 1 atom stereocenters. The van der Waals surface area contributed by atoms with Crippen molar-refractivity contribution >= 4 is 17.5 Å². The van der Waals surface area contributed by atoms with Gasteiger partial charge in [-0.05, 0) is 13.3 Å². The van der Waals surface area contributed by atoms with Gasteiger partial charge in [0.25, 0.3) is 5.56 Å². The van der Waals surface area contributed by atoms with Gasteiger partial charge in [0, 0.05) is 17.3 Å². The lowest BCUT2D eigenvalue weighted by molar-refractivity contribution is 0.0994. The molecule has 1 heterocycles. The van der Waals surface area contributed by atoms with Gasteiger partial charge < -0.3 is 4.98 Å². The average molecular weight is 302 g/mol. The lowest BCUT2D eigenvalue weighted by Crippen LogP contribution is -2.16. The van der Waals surface area contributed by atoms with Crippen molar-refractivity contribution in [1.82, 2.24) is 9.97 Å². The zero-order valence-electron chi connectivity index (χ0n) is 12.1. The molecule has 1 unspecified atom stereocenters. The van der Waals surface area contributed by atoms with Crippen LogP contribution in [0.2, 0.25) is 0 Å². The molecule has 5 heteroatoms. The van der Waals surface area contributed by atoms with Gasteiger partial charge in [0.05, 0.1) is 5.25 Å². The number of aryl methyl sites for hydroxylation is 1. The number of rotatable bonds is 6. The maximum atomic E-state index is 12.3. The monoisotopic (exact) mass is 302 g/mol. The van der Waals surface area contributed by atoms with Crippen molar-refractivity contribution in [3.05, 3.63) is 58.0 Å². The van der Waals surface area contributed by atoms with Gasteiger partial charge in [-0.15, -0.1) is 0 Å². The molecule has 2 rings (SSSR count). The summed E-state index contributed by atoms with van der Waals surface area (Å²) in [4.78, 5) is 31.0. The number of aromatic nitrogens is 2. The quantitative estimate of drug-likeness (QED) is 0.506. The molecule has 0 aliphatic carbocycles. The molecular weight excluding hydrogens is 284 g/mol. The van der Waals surface area contributed by atoms with Crippen LogP contribution in [-0.4, -0.2) is 21.0 Å². The predicted molar refractivity (Wildman–Crippen MR) is 84.9 cm³/mol. The first-order valence-electron chi connectivity index (χ1n) is 6.96. The lowest BCUT2D eigenvalue weighted by atomic mass is 10.1. The number of H-pyrrole nitrogens is 1. The number of benzene rings is 1. The van der Waals surface area contributed by atoms with Crippen molar-refractivity contribution in [2.45, 2.75) is 37.1 Å². The molecule has 0 saturated heterocycles. The molecule has 0 amide bonds. The fourth-order valence-electron chi connectivity index (χ4n) is 1.98. The van der Waals surface area contributed by atoms with E-state index < -0.39 is 0 Å². The maximum absolute atomic E-state index is 12.3. The van der Waals surface area contributed by atoms with Crippen molar-refractivity contribution in [2.75, 3.05) is 0 Å². The molecule has 4 nitrogen and oxygen atoms in total. The molecule has 0 radical (unpaired) electrons. The molecule has 0 fully saturated rings. The van der Waals surface area contributed by atoms with E-state index in [1.807, 2.05) is 32.0 Å². The normalized spacial score (nSPS) is 12.1. The minimum absolute atomic E-state index is 0.0316. The Morgan fingerprint density at radius 3 is 2.71 bits per heavy atom. The Labute approximate surface area is 128 Å². The van der Waals surface area contributed by atoms with E-state index in [0.717, 1.165) is 18.5 Å². The molecule has 0 aliphatic rings. The van der Waals surface area contributed by atoms with E-state index in [1.165, 1.54) is 17.8 Å². The average Bonchev–Trinajstić information content (AvgIpc) is 2.47. The molecule has 1 N–H and O–H groups in total. The molecule has 110 valence electrons. The fraction of sp³-hybridized carbons (Fsp3) is 0.312. The standard InChI is InChI=1S/C16H18N2O2S/c1-3-7-13-10-14(19)18-16(17-13)21-11(2)15(20)12-8-5-4-6-9-12/h4-6,8-11H,3,7H2,1-2H3,(H,17,18,19). The predicted octanol–water partition coefficient (Wildman–Crippen LogP) is 3.09.